The van der Waals surface area contributed by atoms with Crippen molar-refractivity contribution in [3.05, 3.63) is 46.0 Å². The van der Waals surface area contributed by atoms with E-state index < -0.39 is 4.92 Å². The number of rotatable bonds is 5. The lowest BCUT2D eigenvalue weighted by atomic mass is 10.1. The second-order valence-electron chi connectivity index (χ2n) is 3.74. The van der Waals surface area contributed by atoms with Crippen molar-refractivity contribution in [2.45, 2.75) is 13.8 Å². The van der Waals surface area contributed by atoms with Crippen LogP contribution in [0.3, 0.4) is 0 Å². The summed E-state index contributed by atoms with van der Waals surface area (Å²) < 4.78 is 5.35. The lowest BCUT2D eigenvalue weighted by Gasteiger charge is -2.09. The fourth-order valence-electron chi connectivity index (χ4n) is 1.23. The van der Waals surface area contributed by atoms with Crippen LogP contribution in [-0.4, -0.2) is 17.3 Å². The first-order valence-corrected chi connectivity index (χ1v) is 4.98. The highest BCUT2D eigenvalue weighted by Gasteiger charge is 2.14. The number of carbonyl (C=O) groups is 1. The monoisotopic (exact) mass is 235 g/mol. The molecule has 0 amide bonds. The molecule has 0 heterocycles. The Hall–Kier alpha value is -2.17. The Balaban J connectivity index is 3.08. The topological polar surface area (TPSA) is 69.4 Å². The summed E-state index contributed by atoms with van der Waals surface area (Å²) in [5, 5.41) is 10.6. The molecule has 0 atom stereocenters. The molecule has 0 saturated carbocycles. The van der Waals surface area contributed by atoms with Gasteiger partial charge in [-0.1, -0.05) is 6.58 Å². The summed E-state index contributed by atoms with van der Waals surface area (Å²) in [6, 6.07) is 3.95. The van der Waals surface area contributed by atoms with Crippen LogP contribution >= 0.6 is 0 Å². The van der Waals surface area contributed by atoms with Gasteiger partial charge >= 0.3 is 0 Å². The van der Waals surface area contributed by atoms with Gasteiger partial charge in [0.25, 0.3) is 5.69 Å². The summed E-state index contributed by atoms with van der Waals surface area (Å²) in [6.45, 7) is 7.08. The largest absolute Gasteiger partial charge is 0.489 e. The number of hydrogen-bond donors (Lipinski definition) is 0. The van der Waals surface area contributed by atoms with Crippen LogP contribution < -0.4 is 4.74 Å². The first-order valence-electron chi connectivity index (χ1n) is 4.98. The number of carbonyl (C=O) groups excluding carboxylic acids is 1. The van der Waals surface area contributed by atoms with E-state index in [4.69, 9.17) is 4.74 Å². The summed E-state index contributed by atoms with van der Waals surface area (Å²) in [6.07, 6.45) is 0. The van der Waals surface area contributed by atoms with Gasteiger partial charge in [-0.2, -0.15) is 0 Å². The average molecular weight is 235 g/mol. The Morgan fingerprint density at radius 1 is 1.47 bits per heavy atom. The quantitative estimate of drug-likeness (QED) is 0.340. The lowest BCUT2D eigenvalue weighted by Crippen LogP contribution is -2.04. The minimum absolute atomic E-state index is 0.127. The number of ether oxygens (including phenoxy) is 1. The van der Waals surface area contributed by atoms with Gasteiger partial charge in [0.2, 0.25) is 0 Å². The van der Waals surface area contributed by atoms with Gasteiger partial charge in [0.1, 0.15) is 12.4 Å². The zero-order valence-electron chi connectivity index (χ0n) is 9.73. The highest BCUT2D eigenvalue weighted by atomic mass is 16.6. The number of benzene rings is 1. The summed E-state index contributed by atoms with van der Waals surface area (Å²) in [7, 11) is 0. The molecule has 0 saturated heterocycles. The summed E-state index contributed by atoms with van der Waals surface area (Å²) >= 11 is 0. The van der Waals surface area contributed by atoms with Crippen LogP contribution in [0.1, 0.15) is 24.2 Å². The molecular formula is C12H13NO4. The molecule has 5 nitrogen and oxygen atoms in total. The van der Waals surface area contributed by atoms with E-state index in [1.807, 2.05) is 0 Å². The van der Waals surface area contributed by atoms with Crippen LogP contribution in [0.4, 0.5) is 5.69 Å². The van der Waals surface area contributed by atoms with Crippen LogP contribution in [-0.2, 0) is 0 Å². The molecule has 0 fully saturated rings. The molecule has 90 valence electrons. The van der Waals surface area contributed by atoms with Crippen molar-refractivity contribution < 1.29 is 14.5 Å². The van der Waals surface area contributed by atoms with Crippen molar-refractivity contribution >= 4 is 11.5 Å². The molecule has 1 aromatic carbocycles. The molecule has 0 N–H and O–H groups in total. The van der Waals surface area contributed by atoms with Gasteiger partial charge in [-0.15, -0.1) is 0 Å². The number of non-ortho nitro benzene ring substituents is 1. The molecule has 1 rings (SSSR count). The number of nitrogens with zero attached hydrogens (tertiary/aromatic N) is 1. The van der Waals surface area contributed by atoms with Gasteiger partial charge in [0.05, 0.1) is 10.5 Å². The maximum absolute atomic E-state index is 11.4. The maximum atomic E-state index is 11.4. The fraction of sp³-hybridized carbons (Fsp3) is 0.250. The predicted octanol–water partition coefficient (Wildman–Crippen LogP) is 2.75. The van der Waals surface area contributed by atoms with Gasteiger partial charge in [-0.25, -0.2) is 0 Å². The standard InChI is InChI=1S/C12H13NO4/c1-8(2)7-17-12-5-4-10(13(15)16)6-11(12)9(3)14/h4-6H,1,7H2,2-3H3. The molecule has 0 unspecified atom stereocenters. The zero-order chi connectivity index (χ0) is 13.0. The first-order chi connectivity index (χ1) is 7.91. The Morgan fingerprint density at radius 2 is 2.12 bits per heavy atom. The summed E-state index contributed by atoms with van der Waals surface area (Å²) in [5.74, 6) is 0.0662. The van der Waals surface area contributed by atoms with Gasteiger partial charge in [-0.3, -0.25) is 14.9 Å². The van der Waals surface area contributed by atoms with Gasteiger partial charge in [0.15, 0.2) is 5.78 Å². The Kier molecular flexibility index (Phi) is 3.98. The smallest absolute Gasteiger partial charge is 0.270 e. The SMILES string of the molecule is C=C(C)COc1ccc([N+](=O)[O-])cc1C(C)=O. The third kappa shape index (κ3) is 3.41. The molecular weight excluding hydrogens is 222 g/mol. The summed E-state index contributed by atoms with van der Waals surface area (Å²) in [4.78, 5) is 21.4. The summed E-state index contributed by atoms with van der Waals surface area (Å²) in [5.41, 5.74) is 0.885. The third-order valence-corrected chi connectivity index (χ3v) is 2.03. The van der Waals surface area contributed by atoms with Gasteiger partial charge in [0, 0.05) is 12.1 Å². The van der Waals surface area contributed by atoms with E-state index in [2.05, 4.69) is 6.58 Å². The van der Waals surface area contributed by atoms with Gasteiger partial charge < -0.3 is 4.74 Å². The molecule has 0 radical (unpaired) electrons. The van der Waals surface area contributed by atoms with E-state index in [9.17, 15) is 14.9 Å². The number of nitro groups is 1. The second kappa shape index (κ2) is 5.25. The number of Topliss-reactive ketones (excluding diaryl/α,β-unsaturated/α-hetero) is 1. The Bertz CT molecular complexity index is 479. The molecule has 0 aromatic heterocycles. The van der Waals surface area contributed by atoms with Crippen LogP contribution in [0.2, 0.25) is 0 Å². The Labute approximate surface area is 98.9 Å². The van der Waals surface area contributed by atoms with Crippen molar-refractivity contribution in [2.75, 3.05) is 6.61 Å². The Morgan fingerprint density at radius 3 is 2.59 bits per heavy atom. The number of hydrogen-bond acceptors (Lipinski definition) is 4. The molecule has 0 aliphatic heterocycles. The normalized spacial score (nSPS) is 9.76. The fourth-order valence-corrected chi connectivity index (χ4v) is 1.23. The minimum atomic E-state index is -0.547. The zero-order valence-corrected chi connectivity index (χ0v) is 9.73. The molecule has 5 heteroatoms. The molecule has 0 aliphatic carbocycles. The van der Waals surface area contributed by atoms with Gasteiger partial charge in [-0.05, 0) is 25.5 Å². The van der Waals surface area contributed by atoms with Crippen LogP contribution in [0, 0.1) is 10.1 Å². The highest BCUT2D eigenvalue weighted by Crippen LogP contribution is 2.24. The molecule has 0 spiro atoms. The van der Waals surface area contributed by atoms with E-state index in [-0.39, 0.29) is 23.6 Å². The molecule has 0 aliphatic rings. The van der Waals surface area contributed by atoms with Crippen molar-refractivity contribution in [2.24, 2.45) is 0 Å². The minimum Gasteiger partial charge on any atom is -0.489 e. The van der Waals surface area contributed by atoms with Crippen molar-refractivity contribution in [3.8, 4) is 5.75 Å². The molecule has 1 aromatic rings. The van der Waals surface area contributed by atoms with Crippen LogP contribution in [0.5, 0.6) is 5.75 Å². The van der Waals surface area contributed by atoms with E-state index >= 15 is 0 Å². The van der Waals surface area contributed by atoms with E-state index in [0.717, 1.165) is 5.57 Å². The number of ketones is 1. The first kappa shape index (κ1) is 12.9. The average Bonchev–Trinajstić information content (AvgIpc) is 2.25. The highest BCUT2D eigenvalue weighted by molar-refractivity contribution is 5.97. The van der Waals surface area contributed by atoms with Crippen molar-refractivity contribution in [1.29, 1.82) is 0 Å². The number of nitro benzene ring substituents is 1. The molecule has 17 heavy (non-hydrogen) atoms. The van der Waals surface area contributed by atoms with Crippen LogP contribution in [0.25, 0.3) is 0 Å². The van der Waals surface area contributed by atoms with E-state index in [0.29, 0.717) is 5.75 Å². The van der Waals surface area contributed by atoms with E-state index in [1.54, 1.807) is 6.92 Å². The van der Waals surface area contributed by atoms with Crippen molar-refractivity contribution in [3.63, 3.8) is 0 Å². The predicted molar refractivity (Wildman–Crippen MR) is 63.4 cm³/mol. The van der Waals surface area contributed by atoms with Crippen LogP contribution in [0.15, 0.2) is 30.4 Å². The maximum Gasteiger partial charge on any atom is 0.270 e. The third-order valence-electron chi connectivity index (χ3n) is 2.03. The van der Waals surface area contributed by atoms with E-state index in [1.165, 1.54) is 25.1 Å². The molecule has 0 bridgehead atoms. The second-order valence-corrected chi connectivity index (χ2v) is 3.74. The van der Waals surface area contributed by atoms with Crippen molar-refractivity contribution in [1.82, 2.24) is 0 Å². The lowest BCUT2D eigenvalue weighted by molar-refractivity contribution is -0.384.